The van der Waals surface area contributed by atoms with Crippen LogP contribution in [0.5, 0.6) is 0 Å². The summed E-state index contributed by atoms with van der Waals surface area (Å²) in [6, 6.07) is 14.7. The number of thiocarbonyl (C=S) groups is 1. The Hall–Kier alpha value is -2.78. The van der Waals surface area contributed by atoms with E-state index in [1.54, 1.807) is 38.4 Å². The summed E-state index contributed by atoms with van der Waals surface area (Å²) in [5.74, 6) is 0.883. The Morgan fingerprint density at radius 2 is 1.96 bits per heavy atom. The van der Waals surface area contributed by atoms with Crippen LogP contribution in [0.1, 0.15) is 16.2 Å². The predicted octanol–water partition coefficient (Wildman–Crippen LogP) is 3.69. The van der Waals surface area contributed by atoms with Gasteiger partial charge in [-0.2, -0.15) is 4.98 Å². The summed E-state index contributed by atoms with van der Waals surface area (Å²) >= 11 is 8.71. The molecule has 2 N–H and O–H groups in total. The first-order valence-electron chi connectivity index (χ1n) is 8.37. The average molecular weight is 460 g/mol. The quantitative estimate of drug-likeness (QED) is 0.562. The van der Waals surface area contributed by atoms with Crippen molar-refractivity contribution in [3.8, 4) is 11.4 Å². The molecule has 0 spiro atoms. The number of benzene rings is 2. The normalized spacial score (nSPS) is 10.4. The highest BCUT2D eigenvalue weighted by atomic mass is 79.9. The van der Waals surface area contributed by atoms with Gasteiger partial charge in [0.15, 0.2) is 5.11 Å². The van der Waals surface area contributed by atoms with Gasteiger partial charge >= 0.3 is 0 Å². The molecule has 0 aliphatic carbocycles. The molecule has 1 heterocycles. The largest absolute Gasteiger partial charge is 0.353 e. The van der Waals surface area contributed by atoms with Gasteiger partial charge in [-0.25, -0.2) is 0 Å². The molecule has 0 saturated carbocycles. The van der Waals surface area contributed by atoms with E-state index in [9.17, 15) is 4.79 Å². The maximum absolute atomic E-state index is 11.9. The van der Waals surface area contributed by atoms with Gasteiger partial charge in [0.1, 0.15) is 0 Å². The number of aromatic nitrogens is 2. The molecule has 7 nitrogen and oxygen atoms in total. The van der Waals surface area contributed by atoms with E-state index in [-0.39, 0.29) is 5.91 Å². The maximum atomic E-state index is 11.9. The fraction of sp³-hybridized carbons (Fsp3) is 0.158. The van der Waals surface area contributed by atoms with Crippen molar-refractivity contribution in [2.75, 3.05) is 19.4 Å². The van der Waals surface area contributed by atoms with Crippen molar-refractivity contribution >= 4 is 44.9 Å². The summed E-state index contributed by atoms with van der Waals surface area (Å²) in [5, 5.41) is 10.5. The Bertz CT molecular complexity index is 988. The van der Waals surface area contributed by atoms with Crippen molar-refractivity contribution in [3.63, 3.8) is 0 Å². The van der Waals surface area contributed by atoms with Crippen LogP contribution in [0.25, 0.3) is 11.4 Å². The molecule has 0 bridgehead atoms. The van der Waals surface area contributed by atoms with Gasteiger partial charge in [-0.15, -0.1) is 0 Å². The van der Waals surface area contributed by atoms with Crippen molar-refractivity contribution in [2.24, 2.45) is 0 Å². The second-order valence-corrected chi connectivity index (χ2v) is 7.43. The van der Waals surface area contributed by atoms with Gasteiger partial charge in [-0.05, 0) is 48.6 Å². The van der Waals surface area contributed by atoms with Crippen LogP contribution in [0, 0.1) is 0 Å². The lowest BCUT2D eigenvalue weighted by Crippen LogP contribution is -2.28. The lowest BCUT2D eigenvalue weighted by atomic mass is 10.2. The van der Waals surface area contributed by atoms with Gasteiger partial charge in [0, 0.05) is 35.4 Å². The van der Waals surface area contributed by atoms with Crippen LogP contribution in [0.2, 0.25) is 0 Å². The number of rotatable bonds is 5. The minimum atomic E-state index is -0.0510. The third-order valence-electron chi connectivity index (χ3n) is 3.75. The Morgan fingerprint density at radius 3 is 2.64 bits per heavy atom. The highest BCUT2D eigenvalue weighted by molar-refractivity contribution is 9.10. The monoisotopic (exact) mass is 459 g/mol. The zero-order valence-electron chi connectivity index (χ0n) is 15.3. The van der Waals surface area contributed by atoms with Gasteiger partial charge in [0.05, 0.1) is 6.54 Å². The van der Waals surface area contributed by atoms with E-state index in [1.807, 2.05) is 24.3 Å². The summed E-state index contributed by atoms with van der Waals surface area (Å²) in [6.07, 6.45) is 0. The van der Waals surface area contributed by atoms with Crippen LogP contribution in [0.3, 0.4) is 0 Å². The minimum absolute atomic E-state index is 0.0510. The number of hydrogen-bond donors (Lipinski definition) is 2. The fourth-order valence-electron chi connectivity index (χ4n) is 2.36. The smallest absolute Gasteiger partial charge is 0.253 e. The molecule has 0 atom stereocenters. The molecule has 0 fully saturated rings. The molecule has 9 heteroatoms. The van der Waals surface area contributed by atoms with Crippen LogP contribution in [0.15, 0.2) is 57.5 Å². The standard InChI is InChI=1S/C19H18BrN5O2S/c1-25(2)18(26)12-6-8-15(9-7-12)22-19(28)21-11-16-23-17(24-27-16)13-4-3-5-14(20)10-13/h3-10H,11H2,1-2H3,(H2,21,22,28). The van der Waals surface area contributed by atoms with Crippen molar-refractivity contribution < 1.29 is 9.32 Å². The molecule has 0 aliphatic heterocycles. The van der Waals surface area contributed by atoms with E-state index in [1.165, 1.54) is 4.90 Å². The van der Waals surface area contributed by atoms with Gasteiger partial charge in [-0.1, -0.05) is 33.2 Å². The van der Waals surface area contributed by atoms with Gasteiger partial charge in [-0.3, -0.25) is 4.79 Å². The van der Waals surface area contributed by atoms with Gasteiger partial charge in [0.2, 0.25) is 11.7 Å². The zero-order chi connectivity index (χ0) is 20.1. The topological polar surface area (TPSA) is 83.3 Å². The number of carbonyl (C=O) groups is 1. The Balaban J connectivity index is 1.54. The Morgan fingerprint density at radius 1 is 1.21 bits per heavy atom. The SMILES string of the molecule is CN(C)C(=O)c1ccc(NC(=S)NCc2nc(-c3cccc(Br)c3)no2)cc1. The molecule has 2 aromatic carbocycles. The van der Waals surface area contributed by atoms with E-state index >= 15 is 0 Å². The van der Waals surface area contributed by atoms with Crippen LogP contribution in [-0.2, 0) is 6.54 Å². The molecule has 144 valence electrons. The Labute approximate surface area is 176 Å². The molecular formula is C19H18BrN5O2S. The third-order valence-corrected chi connectivity index (χ3v) is 4.49. The zero-order valence-corrected chi connectivity index (χ0v) is 17.7. The second kappa shape index (κ2) is 8.94. The van der Waals surface area contributed by atoms with Crippen molar-refractivity contribution in [1.29, 1.82) is 0 Å². The lowest BCUT2D eigenvalue weighted by Gasteiger charge is -2.12. The number of halogens is 1. The minimum Gasteiger partial charge on any atom is -0.353 e. The van der Waals surface area contributed by atoms with E-state index in [0.717, 1.165) is 15.7 Å². The number of nitrogens with one attached hydrogen (secondary N) is 2. The highest BCUT2D eigenvalue weighted by Gasteiger charge is 2.10. The van der Waals surface area contributed by atoms with Crippen LogP contribution in [0.4, 0.5) is 5.69 Å². The molecule has 0 radical (unpaired) electrons. The number of hydrogen-bond acceptors (Lipinski definition) is 5. The fourth-order valence-corrected chi connectivity index (χ4v) is 2.95. The number of anilines is 1. The maximum Gasteiger partial charge on any atom is 0.253 e. The molecular weight excluding hydrogens is 442 g/mol. The average Bonchev–Trinajstić information content (AvgIpc) is 3.15. The molecule has 0 saturated heterocycles. The molecule has 1 amide bonds. The summed E-state index contributed by atoms with van der Waals surface area (Å²) in [6.45, 7) is 0.296. The molecule has 0 aliphatic rings. The second-order valence-electron chi connectivity index (χ2n) is 6.11. The molecule has 3 aromatic rings. The third kappa shape index (κ3) is 5.14. The van der Waals surface area contributed by atoms with Crippen LogP contribution in [-0.4, -0.2) is 40.2 Å². The van der Waals surface area contributed by atoms with Gasteiger partial charge in [0.25, 0.3) is 5.91 Å². The molecule has 28 heavy (non-hydrogen) atoms. The summed E-state index contributed by atoms with van der Waals surface area (Å²) in [4.78, 5) is 17.8. The van der Waals surface area contributed by atoms with Crippen LogP contribution >= 0.6 is 28.1 Å². The predicted molar refractivity (Wildman–Crippen MR) is 115 cm³/mol. The van der Waals surface area contributed by atoms with E-state index in [2.05, 4.69) is 36.7 Å². The van der Waals surface area contributed by atoms with Crippen molar-refractivity contribution in [2.45, 2.75) is 6.54 Å². The molecule has 0 unspecified atom stereocenters. The number of nitrogens with zero attached hydrogens (tertiary/aromatic N) is 3. The van der Waals surface area contributed by atoms with Crippen molar-refractivity contribution in [1.82, 2.24) is 20.4 Å². The summed E-state index contributed by atoms with van der Waals surface area (Å²) in [7, 11) is 3.43. The molecule has 3 rings (SSSR count). The van der Waals surface area contributed by atoms with E-state index in [0.29, 0.717) is 28.9 Å². The summed E-state index contributed by atoms with van der Waals surface area (Å²) < 4.78 is 6.20. The van der Waals surface area contributed by atoms with Gasteiger partial charge < -0.3 is 20.1 Å². The first kappa shape index (κ1) is 20.0. The number of carbonyl (C=O) groups excluding carboxylic acids is 1. The van der Waals surface area contributed by atoms with Crippen molar-refractivity contribution in [3.05, 3.63) is 64.5 Å². The van der Waals surface area contributed by atoms with E-state index in [4.69, 9.17) is 16.7 Å². The highest BCUT2D eigenvalue weighted by Crippen LogP contribution is 2.20. The number of amides is 1. The molecule has 1 aromatic heterocycles. The Kier molecular flexibility index (Phi) is 6.37. The first-order valence-corrected chi connectivity index (χ1v) is 9.57. The van der Waals surface area contributed by atoms with Crippen LogP contribution < -0.4 is 10.6 Å². The lowest BCUT2D eigenvalue weighted by molar-refractivity contribution is 0.0827. The first-order chi connectivity index (χ1) is 13.4. The van der Waals surface area contributed by atoms with E-state index < -0.39 is 0 Å². The summed E-state index contributed by atoms with van der Waals surface area (Å²) in [5.41, 5.74) is 2.24.